The zero-order valence-electron chi connectivity index (χ0n) is 21.3. The lowest BCUT2D eigenvalue weighted by molar-refractivity contribution is 0.0963. The van der Waals surface area contributed by atoms with Gasteiger partial charge in [0.1, 0.15) is 17.9 Å². The van der Waals surface area contributed by atoms with Crippen molar-refractivity contribution >= 4 is 47.6 Å². The number of ether oxygens (including phenoxy) is 1. The number of allylic oxidation sites excluding steroid dienone is 1. The van der Waals surface area contributed by atoms with Gasteiger partial charge in [-0.25, -0.2) is 4.99 Å². The normalized spacial score (nSPS) is 19.8. The Labute approximate surface area is 222 Å². The molecule has 1 fully saturated rings. The van der Waals surface area contributed by atoms with Crippen LogP contribution in [0.3, 0.4) is 0 Å². The van der Waals surface area contributed by atoms with E-state index in [4.69, 9.17) is 9.73 Å². The van der Waals surface area contributed by atoms with Crippen LogP contribution in [0.4, 0.5) is 5.69 Å². The first-order chi connectivity index (χ1) is 17.4. The Kier molecular flexibility index (Phi) is 7.14. The average Bonchev–Trinajstić information content (AvgIpc) is 3.56. The number of rotatable bonds is 5. The highest BCUT2D eigenvalue weighted by atomic mass is 127. The lowest BCUT2D eigenvalue weighted by Crippen LogP contribution is -2.45. The van der Waals surface area contributed by atoms with Gasteiger partial charge in [-0.3, -0.25) is 9.36 Å². The minimum atomic E-state index is -0.349. The summed E-state index contributed by atoms with van der Waals surface area (Å²) in [4.78, 5) is 20.0. The molecular weight excluding hydrogens is 569 g/mol. The van der Waals surface area contributed by atoms with E-state index in [1.165, 1.54) is 25.7 Å². The molecule has 10 heteroatoms. The van der Waals surface area contributed by atoms with Crippen molar-refractivity contribution in [2.75, 3.05) is 30.4 Å². The summed E-state index contributed by atoms with van der Waals surface area (Å²) in [6.45, 7) is 5.36. The molecule has 0 atom stereocenters. The molecule has 1 aliphatic carbocycles. The zero-order chi connectivity index (χ0) is 25.3. The molecule has 9 nitrogen and oxygen atoms in total. The van der Waals surface area contributed by atoms with E-state index < -0.39 is 0 Å². The second kappa shape index (κ2) is 10.3. The minimum Gasteiger partial charge on any atom is -0.495 e. The Hall–Kier alpha value is -2.76. The van der Waals surface area contributed by atoms with Crippen LogP contribution < -0.4 is 15.4 Å². The van der Waals surface area contributed by atoms with Crippen molar-refractivity contribution in [1.82, 2.24) is 25.0 Å². The van der Waals surface area contributed by atoms with Gasteiger partial charge in [-0.1, -0.05) is 53.5 Å². The van der Waals surface area contributed by atoms with Gasteiger partial charge in [0.2, 0.25) is 0 Å². The molecule has 0 bridgehead atoms. The summed E-state index contributed by atoms with van der Waals surface area (Å²) in [7, 11) is 3.25. The molecule has 1 aromatic carbocycles. The van der Waals surface area contributed by atoms with E-state index in [1.807, 2.05) is 18.5 Å². The standard InChI is InChI=1S/C26H34IN7O2/c1-26(2)15-33(18-8-5-6-9-18)22-20(34-16-29-32-24(26)34)10-7-13-27-25(31-22)30-19-12-11-17(23(35)28-3)14-21(19)36-4/h10-12,14,16,18,30H,5-9,13,15H2,1-4H3,(H,28,35). The number of hydrogen-bond donors (Lipinski definition) is 2. The molecule has 192 valence electrons. The van der Waals surface area contributed by atoms with Crippen LogP contribution >= 0.6 is 20.7 Å². The Bertz CT molecular complexity index is 1240. The maximum absolute atomic E-state index is 12.1. The number of nitrogens with one attached hydrogen (secondary N) is 2. The van der Waals surface area contributed by atoms with Crippen molar-refractivity contribution in [3.8, 4) is 5.75 Å². The van der Waals surface area contributed by atoms with Gasteiger partial charge in [0.15, 0.2) is 9.59 Å². The summed E-state index contributed by atoms with van der Waals surface area (Å²) in [6.07, 6.45) is 10.0. The molecule has 0 spiro atoms. The molecule has 1 amide bonds. The van der Waals surface area contributed by atoms with Gasteiger partial charge >= 0.3 is 0 Å². The van der Waals surface area contributed by atoms with Gasteiger partial charge < -0.3 is 20.3 Å². The number of benzene rings is 1. The van der Waals surface area contributed by atoms with Gasteiger partial charge in [0, 0.05) is 35.0 Å². The molecule has 1 saturated carbocycles. The van der Waals surface area contributed by atoms with Crippen LogP contribution in [0.15, 0.2) is 35.6 Å². The molecule has 0 radical (unpaired) electrons. The van der Waals surface area contributed by atoms with Crippen LogP contribution in [0, 0.1) is 0 Å². The molecular formula is C26H34IN7O2. The lowest BCUT2D eigenvalue weighted by Gasteiger charge is -2.35. The van der Waals surface area contributed by atoms with Gasteiger partial charge in [0.05, 0.1) is 18.5 Å². The number of methoxy groups -OCH3 is 1. The predicted molar refractivity (Wildman–Crippen MR) is 152 cm³/mol. The van der Waals surface area contributed by atoms with E-state index in [-0.39, 0.29) is 32.1 Å². The Balaban J connectivity index is 1.57. The van der Waals surface area contributed by atoms with Crippen molar-refractivity contribution in [2.24, 2.45) is 4.99 Å². The quantitative estimate of drug-likeness (QED) is 0.397. The van der Waals surface area contributed by atoms with Crippen molar-refractivity contribution < 1.29 is 9.53 Å². The third-order valence-electron chi connectivity index (χ3n) is 7.05. The monoisotopic (exact) mass is 603 g/mol. The van der Waals surface area contributed by atoms with Crippen LogP contribution in [-0.2, 0) is 5.41 Å². The molecule has 0 unspecified atom stereocenters. The number of carbonyl (C=O) groups excluding carboxylic acids is 1. The average molecular weight is 604 g/mol. The Morgan fingerprint density at radius 1 is 1.25 bits per heavy atom. The summed E-state index contributed by atoms with van der Waals surface area (Å²) < 4.78 is 9.85. The van der Waals surface area contributed by atoms with Crippen molar-refractivity contribution in [3.63, 3.8) is 0 Å². The minimum absolute atomic E-state index is 0.140. The summed E-state index contributed by atoms with van der Waals surface area (Å²) in [5, 5.41) is 15.1. The number of amides is 1. The van der Waals surface area contributed by atoms with Crippen molar-refractivity contribution in [1.29, 1.82) is 0 Å². The molecule has 1 aromatic heterocycles. The van der Waals surface area contributed by atoms with E-state index in [0.29, 0.717) is 17.4 Å². The molecule has 36 heavy (non-hydrogen) atoms. The maximum atomic E-state index is 12.1. The molecule has 5 rings (SSSR count). The molecule has 2 aliphatic heterocycles. The van der Waals surface area contributed by atoms with E-state index >= 15 is 0 Å². The number of hydrogen-bond acceptors (Lipinski definition) is 7. The summed E-state index contributed by atoms with van der Waals surface area (Å²) >= 11 is -0.349. The second-order valence-corrected chi connectivity index (χ2v) is 12.9. The topological polar surface area (TPSA) is 96.7 Å². The lowest BCUT2D eigenvalue weighted by atomic mass is 9.91. The Morgan fingerprint density at radius 3 is 2.81 bits per heavy atom. The molecule has 3 aliphatic rings. The number of fused-ring (bicyclic) bond motifs is 3. The summed E-state index contributed by atoms with van der Waals surface area (Å²) in [5.74, 6) is 2.48. The van der Waals surface area contributed by atoms with E-state index in [2.05, 4.69) is 50.2 Å². The van der Waals surface area contributed by atoms with Crippen molar-refractivity contribution in [3.05, 3.63) is 42.0 Å². The zero-order valence-corrected chi connectivity index (χ0v) is 23.5. The summed E-state index contributed by atoms with van der Waals surface area (Å²) in [6, 6.07) is 5.96. The van der Waals surface area contributed by atoms with Crippen LogP contribution in [0.2, 0.25) is 0 Å². The smallest absolute Gasteiger partial charge is 0.251 e. The highest BCUT2D eigenvalue weighted by Gasteiger charge is 2.40. The van der Waals surface area contributed by atoms with Crippen LogP contribution in [-0.4, -0.2) is 66.3 Å². The number of carbonyl (C=O) groups is 1. The first-order valence-corrected chi connectivity index (χ1v) is 15.1. The van der Waals surface area contributed by atoms with Gasteiger partial charge in [-0.2, -0.15) is 0 Å². The fourth-order valence-corrected chi connectivity index (χ4v) is 7.25. The van der Waals surface area contributed by atoms with Crippen LogP contribution in [0.1, 0.15) is 62.1 Å². The Morgan fingerprint density at radius 2 is 2.06 bits per heavy atom. The van der Waals surface area contributed by atoms with E-state index in [1.54, 1.807) is 20.2 Å². The van der Waals surface area contributed by atoms with Gasteiger partial charge in [-0.15, -0.1) is 10.2 Å². The highest BCUT2D eigenvalue weighted by Crippen LogP contribution is 2.36. The molecule has 3 heterocycles. The number of anilines is 1. The maximum Gasteiger partial charge on any atom is 0.251 e. The first-order valence-electron chi connectivity index (χ1n) is 12.5. The largest absolute Gasteiger partial charge is 0.495 e. The molecule has 2 aromatic rings. The molecule has 2 N–H and O–H groups in total. The van der Waals surface area contributed by atoms with Crippen LogP contribution in [0.5, 0.6) is 5.75 Å². The van der Waals surface area contributed by atoms with Gasteiger partial charge in [-0.05, 0) is 37.5 Å². The third-order valence-corrected chi connectivity index (χ3v) is 9.44. The number of alkyl halides is 1. The third kappa shape index (κ3) is 4.79. The fraction of sp³-hybridized carbons (Fsp3) is 0.500. The number of amidine groups is 1. The van der Waals surface area contributed by atoms with Gasteiger partial charge in [0.25, 0.3) is 5.91 Å². The van der Waals surface area contributed by atoms with Crippen molar-refractivity contribution in [2.45, 2.75) is 57.4 Å². The predicted octanol–water partition coefficient (Wildman–Crippen LogP) is 4.00. The van der Waals surface area contributed by atoms with E-state index in [0.717, 1.165) is 44.2 Å². The first kappa shape index (κ1) is 24.9. The van der Waals surface area contributed by atoms with E-state index in [9.17, 15) is 4.79 Å². The summed E-state index contributed by atoms with van der Waals surface area (Å²) in [5.41, 5.74) is 2.30. The number of aliphatic imine (C=N–C) groups is 1. The SMILES string of the molecule is CNC(=O)c1ccc(NC2=ICCC=C3C(=N2)N(C2CCCC2)CC(C)(C)c2nncn23)c(OC)c1. The number of aromatic nitrogens is 3. The second-order valence-electron chi connectivity index (χ2n) is 10.0. The highest BCUT2D eigenvalue weighted by molar-refractivity contribution is 14.2. The number of nitrogens with zero attached hydrogens (tertiary/aromatic N) is 5. The number of halogens is 1. The molecule has 0 saturated heterocycles. The van der Waals surface area contributed by atoms with Crippen LogP contribution in [0.25, 0.3) is 5.70 Å². The fourth-order valence-electron chi connectivity index (χ4n) is 5.24.